The lowest BCUT2D eigenvalue weighted by Gasteiger charge is -2.19. The van der Waals surface area contributed by atoms with Crippen LogP contribution in [-0.2, 0) is 6.42 Å². The minimum Gasteiger partial charge on any atom is -0.388 e. The van der Waals surface area contributed by atoms with Gasteiger partial charge in [0.15, 0.2) is 0 Å². The molecule has 5 heteroatoms. The largest absolute Gasteiger partial charge is 0.388 e. The van der Waals surface area contributed by atoms with Crippen molar-refractivity contribution in [2.75, 3.05) is 0 Å². The molecular weight excluding hydrogens is 334 g/mol. The number of halogens is 1. The van der Waals surface area contributed by atoms with Gasteiger partial charge in [-0.2, -0.15) is 0 Å². The average molecular weight is 350 g/mol. The molecule has 4 nitrogen and oxygen atoms in total. The highest BCUT2D eigenvalue weighted by Gasteiger charge is 2.20. The molecule has 2 aromatic rings. The minimum atomic E-state index is -0.600. The molecular formula is C16H16BrNO3. The van der Waals surface area contributed by atoms with Crippen LogP contribution in [0.4, 0.5) is 5.69 Å². The van der Waals surface area contributed by atoms with Gasteiger partial charge in [0.05, 0.1) is 15.5 Å². The van der Waals surface area contributed by atoms with Gasteiger partial charge >= 0.3 is 0 Å². The van der Waals surface area contributed by atoms with Crippen LogP contribution in [0.5, 0.6) is 0 Å². The van der Waals surface area contributed by atoms with Gasteiger partial charge < -0.3 is 5.11 Å². The minimum absolute atomic E-state index is 0.0499. The van der Waals surface area contributed by atoms with Crippen LogP contribution >= 0.6 is 15.9 Å². The van der Waals surface area contributed by atoms with Crippen molar-refractivity contribution in [1.82, 2.24) is 0 Å². The van der Waals surface area contributed by atoms with Crippen LogP contribution in [0.1, 0.15) is 24.2 Å². The maximum absolute atomic E-state index is 10.9. The molecule has 0 aliphatic rings. The molecule has 2 rings (SSSR count). The molecule has 0 aromatic heterocycles. The molecule has 110 valence electrons. The summed E-state index contributed by atoms with van der Waals surface area (Å²) < 4.78 is 0.488. The Labute approximate surface area is 131 Å². The molecule has 0 heterocycles. The number of aliphatic hydroxyl groups is 1. The van der Waals surface area contributed by atoms with Crippen LogP contribution in [0.3, 0.4) is 0 Å². The summed E-state index contributed by atoms with van der Waals surface area (Å²) in [5.74, 6) is -0.0503. The Morgan fingerprint density at radius 3 is 2.48 bits per heavy atom. The van der Waals surface area contributed by atoms with Crippen molar-refractivity contribution in [2.45, 2.75) is 19.4 Å². The molecule has 0 aliphatic carbocycles. The van der Waals surface area contributed by atoms with Gasteiger partial charge in [-0.05, 0) is 39.4 Å². The Balaban J connectivity index is 2.18. The zero-order valence-corrected chi connectivity index (χ0v) is 13.2. The fourth-order valence-corrected chi connectivity index (χ4v) is 2.87. The Morgan fingerprint density at radius 1 is 1.19 bits per heavy atom. The molecule has 0 saturated heterocycles. The van der Waals surface area contributed by atoms with Crippen LogP contribution in [0.15, 0.2) is 53.0 Å². The van der Waals surface area contributed by atoms with Gasteiger partial charge in [-0.15, -0.1) is 0 Å². The lowest BCUT2D eigenvalue weighted by Crippen LogP contribution is -2.12. The normalized spacial score (nSPS) is 13.7. The van der Waals surface area contributed by atoms with E-state index in [9.17, 15) is 15.2 Å². The quantitative estimate of drug-likeness (QED) is 0.647. The highest BCUT2D eigenvalue weighted by atomic mass is 79.9. The third-order valence-electron chi connectivity index (χ3n) is 3.48. The van der Waals surface area contributed by atoms with Crippen molar-refractivity contribution in [1.29, 1.82) is 0 Å². The number of hydrogen-bond donors (Lipinski definition) is 1. The zero-order valence-electron chi connectivity index (χ0n) is 11.6. The van der Waals surface area contributed by atoms with Crippen molar-refractivity contribution in [2.24, 2.45) is 5.92 Å². The van der Waals surface area contributed by atoms with E-state index in [4.69, 9.17) is 0 Å². The van der Waals surface area contributed by atoms with Crippen LogP contribution in [0.25, 0.3) is 0 Å². The predicted molar refractivity (Wildman–Crippen MR) is 85.1 cm³/mol. The molecule has 0 bridgehead atoms. The van der Waals surface area contributed by atoms with E-state index >= 15 is 0 Å². The van der Waals surface area contributed by atoms with Crippen molar-refractivity contribution in [3.63, 3.8) is 0 Å². The molecule has 2 aromatic carbocycles. The first-order chi connectivity index (χ1) is 10.0. The van der Waals surface area contributed by atoms with Crippen LogP contribution in [0, 0.1) is 16.0 Å². The van der Waals surface area contributed by atoms with E-state index in [1.807, 2.05) is 43.3 Å². The van der Waals surface area contributed by atoms with Crippen LogP contribution in [-0.4, -0.2) is 10.0 Å². The molecule has 0 fully saturated rings. The first-order valence-corrected chi connectivity index (χ1v) is 7.44. The third kappa shape index (κ3) is 3.68. The first kappa shape index (κ1) is 15.7. The van der Waals surface area contributed by atoms with Crippen molar-refractivity contribution >= 4 is 21.6 Å². The molecule has 0 saturated carbocycles. The summed E-state index contributed by atoms with van der Waals surface area (Å²) in [7, 11) is 0. The summed E-state index contributed by atoms with van der Waals surface area (Å²) in [6.07, 6.45) is -0.0458. The van der Waals surface area contributed by atoms with E-state index < -0.39 is 11.0 Å². The van der Waals surface area contributed by atoms with Gasteiger partial charge in [0.2, 0.25) is 0 Å². The van der Waals surface area contributed by atoms with E-state index in [1.165, 1.54) is 6.07 Å². The molecule has 0 aliphatic heterocycles. The number of rotatable bonds is 5. The second-order valence-electron chi connectivity index (χ2n) is 5.04. The van der Waals surface area contributed by atoms with Gasteiger partial charge in [0.1, 0.15) is 0 Å². The Hall–Kier alpha value is -1.72. The Morgan fingerprint density at radius 2 is 1.86 bits per heavy atom. The van der Waals surface area contributed by atoms with Gasteiger partial charge in [-0.25, -0.2) is 0 Å². The molecule has 21 heavy (non-hydrogen) atoms. The number of aliphatic hydroxyl groups excluding tert-OH is 1. The summed E-state index contributed by atoms with van der Waals surface area (Å²) in [5.41, 5.74) is 1.73. The van der Waals surface area contributed by atoms with Crippen molar-refractivity contribution < 1.29 is 10.0 Å². The number of hydrogen-bond acceptors (Lipinski definition) is 3. The van der Waals surface area contributed by atoms with E-state index in [2.05, 4.69) is 15.9 Å². The highest BCUT2D eigenvalue weighted by Crippen LogP contribution is 2.32. The number of benzene rings is 2. The summed E-state index contributed by atoms with van der Waals surface area (Å²) in [6.45, 7) is 1.93. The molecule has 0 radical (unpaired) electrons. The maximum Gasteiger partial charge on any atom is 0.283 e. The van der Waals surface area contributed by atoms with E-state index in [-0.39, 0.29) is 11.6 Å². The third-order valence-corrected chi connectivity index (χ3v) is 4.39. The smallest absolute Gasteiger partial charge is 0.283 e. The summed E-state index contributed by atoms with van der Waals surface area (Å²) in [5, 5.41) is 21.3. The first-order valence-electron chi connectivity index (χ1n) is 6.65. The number of nitro groups is 1. The second kappa shape index (κ2) is 6.83. The average Bonchev–Trinajstić information content (AvgIpc) is 2.49. The maximum atomic E-state index is 10.9. The SMILES string of the molecule is CC(Cc1cccc([N+](=O)[O-])c1Br)C(O)c1ccccc1. The molecule has 0 spiro atoms. The standard InChI is InChI=1S/C16H16BrNO3/c1-11(16(19)12-6-3-2-4-7-12)10-13-8-5-9-14(15(13)17)18(20)21/h2-9,11,16,19H,10H2,1H3. The topological polar surface area (TPSA) is 63.4 Å². The summed E-state index contributed by atoms with van der Waals surface area (Å²) >= 11 is 3.29. The van der Waals surface area contributed by atoms with Crippen molar-refractivity contribution in [3.8, 4) is 0 Å². The van der Waals surface area contributed by atoms with Gasteiger partial charge in [0.25, 0.3) is 5.69 Å². The lowest BCUT2D eigenvalue weighted by molar-refractivity contribution is -0.385. The van der Waals surface area contributed by atoms with Crippen molar-refractivity contribution in [3.05, 3.63) is 74.2 Å². The fourth-order valence-electron chi connectivity index (χ4n) is 2.30. The van der Waals surface area contributed by atoms with Gasteiger partial charge in [-0.1, -0.05) is 49.4 Å². The fraction of sp³-hybridized carbons (Fsp3) is 0.250. The highest BCUT2D eigenvalue weighted by molar-refractivity contribution is 9.10. The van der Waals surface area contributed by atoms with Crippen LogP contribution < -0.4 is 0 Å². The van der Waals surface area contributed by atoms with Gasteiger partial charge in [0, 0.05) is 6.07 Å². The predicted octanol–water partition coefficient (Wildman–Crippen LogP) is 4.27. The molecule has 2 unspecified atom stereocenters. The molecule has 0 amide bonds. The van der Waals surface area contributed by atoms with E-state index in [0.29, 0.717) is 10.9 Å². The second-order valence-corrected chi connectivity index (χ2v) is 5.84. The lowest BCUT2D eigenvalue weighted by atomic mass is 9.91. The Kier molecular flexibility index (Phi) is 5.09. The van der Waals surface area contributed by atoms with E-state index in [0.717, 1.165) is 11.1 Å². The number of nitro benzene ring substituents is 1. The monoisotopic (exact) mass is 349 g/mol. The van der Waals surface area contributed by atoms with E-state index in [1.54, 1.807) is 6.07 Å². The number of nitrogens with zero attached hydrogens (tertiary/aromatic N) is 1. The van der Waals surface area contributed by atoms with Crippen LogP contribution in [0.2, 0.25) is 0 Å². The molecule has 2 atom stereocenters. The summed E-state index contributed by atoms with van der Waals surface area (Å²) in [4.78, 5) is 10.5. The summed E-state index contributed by atoms with van der Waals surface area (Å²) in [6, 6.07) is 14.4. The van der Waals surface area contributed by atoms with Gasteiger partial charge in [-0.3, -0.25) is 10.1 Å². The zero-order chi connectivity index (χ0) is 15.4. The Bertz CT molecular complexity index is 631. The molecule has 1 N–H and O–H groups in total.